The number of piperidine rings is 1. The van der Waals surface area contributed by atoms with Crippen LogP contribution in [-0.2, 0) is 26.8 Å². The van der Waals surface area contributed by atoms with Crippen LogP contribution in [0.1, 0.15) is 72.7 Å². The zero-order valence-corrected chi connectivity index (χ0v) is 24.8. The molecule has 2 bridgehead atoms. The average Bonchev–Trinajstić information content (AvgIpc) is 3.29. The molecule has 10 heteroatoms. The Morgan fingerprint density at radius 2 is 1.98 bits per heavy atom. The molecular formula is C32H36F2N2O5S. The molecule has 6 rings (SSSR count). The summed E-state index contributed by atoms with van der Waals surface area (Å²) < 4.78 is 66.7. The number of unbranched alkanes of at least 4 members (excludes halogenated alkanes) is 1. The number of carbonyl (C=O) groups excluding carboxylic acids is 1. The highest BCUT2D eigenvalue weighted by Gasteiger charge is 2.51. The Labute approximate surface area is 245 Å². The molecule has 2 aromatic carbocycles. The minimum atomic E-state index is -3.52. The van der Waals surface area contributed by atoms with E-state index in [2.05, 4.69) is 5.16 Å². The van der Waals surface area contributed by atoms with Gasteiger partial charge < -0.3 is 14.2 Å². The number of aromatic nitrogens is 1. The van der Waals surface area contributed by atoms with E-state index in [1.165, 1.54) is 6.07 Å². The molecule has 1 saturated heterocycles. The number of halogens is 2. The fourth-order valence-electron chi connectivity index (χ4n) is 6.41. The van der Waals surface area contributed by atoms with E-state index >= 15 is 8.78 Å². The van der Waals surface area contributed by atoms with E-state index in [1.807, 2.05) is 43.0 Å². The van der Waals surface area contributed by atoms with Gasteiger partial charge >= 0.3 is 0 Å². The summed E-state index contributed by atoms with van der Waals surface area (Å²) in [6, 6.07) is 12.1. The maximum atomic E-state index is 15.2. The van der Waals surface area contributed by atoms with Gasteiger partial charge in [-0.2, -0.15) is 0 Å². The molecule has 2 saturated carbocycles. The summed E-state index contributed by atoms with van der Waals surface area (Å²) in [5.74, 6) is -1.34. The van der Waals surface area contributed by atoms with Gasteiger partial charge in [-0.05, 0) is 62.8 Å². The molecule has 1 aromatic heterocycles. The summed E-state index contributed by atoms with van der Waals surface area (Å²) in [5, 5.41) is 4.26. The maximum Gasteiger partial charge on any atom is 0.180 e. The normalized spacial score (nSPS) is 22.6. The largest absolute Gasteiger partial charge is 0.373 e. The highest BCUT2D eigenvalue weighted by atomic mass is 32.2. The zero-order valence-electron chi connectivity index (χ0n) is 23.9. The Kier molecular flexibility index (Phi) is 7.72. The second-order valence-corrected chi connectivity index (χ2v) is 14.2. The quantitative estimate of drug-likeness (QED) is 0.225. The maximum absolute atomic E-state index is 15.2. The fraction of sp³-hybridized carbons (Fsp3) is 0.500. The van der Waals surface area contributed by atoms with E-state index in [1.54, 1.807) is 6.07 Å². The molecule has 2 heterocycles. The summed E-state index contributed by atoms with van der Waals surface area (Å²) in [5.41, 5.74) is 2.18. The molecule has 3 atom stereocenters. The summed E-state index contributed by atoms with van der Waals surface area (Å²) in [6.45, 7) is 4.65. The van der Waals surface area contributed by atoms with Gasteiger partial charge in [-0.3, -0.25) is 4.79 Å². The summed E-state index contributed by atoms with van der Waals surface area (Å²) in [4.78, 5) is 14.6. The molecule has 0 spiro atoms. The predicted octanol–water partition coefficient (Wildman–Crippen LogP) is 6.33. The highest BCUT2D eigenvalue weighted by molar-refractivity contribution is 7.92. The van der Waals surface area contributed by atoms with Crippen molar-refractivity contribution in [3.8, 4) is 11.3 Å². The van der Waals surface area contributed by atoms with Crippen molar-refractivity contribution in [3.05, 3.63) is 70.7 Å². The summed E-state index contributed by atoms with van der Waals surface area (Å²) in [6.07, 6.45) is 3.51. The number of anilines is 1. The average molecular weight is 599 g/mol. The number of Topliss-reactive ketones (excluding diaryl/α,β-unsaturated/α-hetero) is 1. The van der Waals surface area contributed by atoms with Gasteiger partial charge in [-0.15, -0.1) is 0 Å². The van der Waals surface area contributed by atoms with Crippen LogP contribution in [0.2, 0.25) is 0 Å². The zero-order chi connectivity index (χ0) is 29.6. The molecule has 42 heavy (non-hydrogen) atoms. The van der Waals surface area contributed by atoms with Crippen LogP contribution in [-0.4, -0.2) is 49.6 Å². The number of carbonyl (C=O) groups is 1. The van der Waals surface area contributed by atoms with E-state index < -0.39 is 32.9 Å². The van der Waals surface area contributed by atoms with Gasteiger partial charge in [0.15, 0.2) is 27.0 Å². The SMILES string of the molecule is CCCCS(=O)(=O)CC(=O)c1ccc(N2C[C@@H]3C[C@H]2C[C@H]3OCc2c(-c3ccccc3C)noc2C2(F)CC2)c(F)c1. The molecule has 7 nitrogen and oxygen atoms in total. The number of fused-ring (bicyclic) bond motifs is 2. The van der Waals surface area contributed by atoms with Crippen LogP contribution in [0, 0.1) is 18.7 Å². The van der Waals surface area contributed by atoms with Crippen molar-refractivity contribution in [2.45, 2.75) is 76.8 Å². The fourth-order valence-corrected chi connectivity index (χ4v) is 7.85. The number of benzene rings is 2. The molecule has 1 aliphatic heterocycles. The molecule has 3 aliphatic rings. The van der Waals surface area contributed by atoms with E-state index in [-0.39, 0.29) is 41.7 Å². The van der Waals surface area contributed by atoms with Crippen molar-refractivity contribution in [3.63, 3.8) is 0 Å². The van der Waals surface area contributed by atoms with Crippen molar-refractivity contribution >= 4 is 21.3 Å². The lowest BCUT2D eigenvalue weighted by atomic mass is 10.00. The number of aryl methyl sites for hydroxylation is 1. The number of alkyl halides is 1. The minimum absolute atomic E-state index is 0.0455. The van der Waals surface area contributed by atoms with Gasteiger partial charge in [0.2, 0.25) is 0 Å². The number of hydrogen-bond acceptors (Lipinski definition) is 7. The summed E-state index contributed by atoms with van der Waals surface area (Å²) in [7, 11) is -3.52. The lowest BCUT2D eigenvalue weighted by Crippen LogP contribution is -2.39. The standard InChI is InChI=1S/C32H36F2N2O5S/c1-3-4-13-42(38,39)19-28(37)21-9-10-27(26(33)15-21)36-17-22-14-23(36)16-29(22)40-18-25-30(24-8-6-5-7-20(24)2)35-41-31(25)32(34)11-12-32/h5-10,15,22-23,29H,3-4,11-14,16-19H2,1-2H3/t22-,23-,29+/m0/s1. The van der Waals surface area contributed by atoms with Gasteiger partial charge in [0.05, 0.1) is 29.7 Å². The van der Waals surface area contributed by atoms with Crippen LogP contribution >= 0.6 is 0 Å². The van der Waals surface area contributed by atoms with Gasteiger partial charge in [0.1, 0.15) is 17.3 Å². The van der Waals surface area contributed by atoms with Crippen molar-refractivity contribution in [2.24, 2.45) is 5.92 Å². The third-order valence-corrected chi connectivity index (χ3v) is 10.6. The van der Waals surface area contributed by atoms with E-state index in [0.29, 0.717) is 49.2 Å². The number of ketones is 1. The molecule has 3 aromatic rings. The lowest BCUT2D eigenvalue weighted by Gasteiger charge is -2.33. The third kappa shape index (κ3) is 5.63. The second kappa shape index (κ2) is 11.2. The van der Waals surface area contributed by atoms with Gasteiger partial charge in [0.25, 0.3) is 0 Å². The van der Waals surface area contributed by atoms with E-state index in [4.69, 9.17) is 9.26 Å². The van der Waals surface area contributed by atoms with Crippen LogP contribution in [0.3, 0.4) is 0 Å². The first-order valence-corrected chi connectivity index (χ1v) is 16.6. The molecule has 0 amide bonds. The van der Waals surface area contributed by atoms with E-state index in [0.717, 1.165) is 30.0 Å². The first kappa shape index (κ1) is 29.0. The molecule has 2 aliphatic carbocycles. The van der Waals surface area contributed by atoms with Crippen LogP contribution in [0.4, 0.5) is 14.5 Å². The third-order valence-electron chi connectivity index (χ3n) is 8.94. The number of ether oxygens (including phenoxy) is 1. The first-order valence-electron chi connectivity index (χ1n) is 14.7. The first-order chi connectivity index (χ1) is 20.1. The molecule has 0 radical (unpaired) electrons. The Morgan fingerprint density at radius 1 is 1.19 bits per heavy atom. The van der Waals surface area contributed by atoms with Crippen LogP contribution in [0.25, 0.3) is 11.3 Å². The van der Waals surface area contributed by atoms with Crippen molar-refractivity contribution in [1.29, 1.82) is 0 Å². The number of sulfone groups is 1. The Bertz CT molecular complexity index is 1600. The van der Waals surface area contributed by atoms with Gasteiger partial charge in [-0.25, -0.2) is 17.2 Å². The van der Waals surface area contributed by atoms with Crippen LogP contribution < -0.4 is 4.90 Å². The smallest absolute Gasteiger partial charge is 0.180 e. The monoisotopic (exact) mass is 598 g/mol. The molecule has 224 valence electrons. The second-order valence-electron chi connectivity index (χ2n) is 12.0. The van der Waals surface area contributed by atoms with Crippen LogP contribution in [0.15, 0.2) is 47.0 Å². The Balaban J connectivity index is 1.12. The highest BCUT2D eigenvalue weighted by Crippen LogP contribution is 2.52. The van der Waals surface area contributed by atoms with Crippen LogP contribution in [0.5, 0.6) is 0 Å². The van der Waals surface area contributed by atoms with Gasteiger partial charge in [0, 0.05) is 29.6 Å². The lowest BCUT2D eigenvalue weighted by molar-refractivity contribution is 0.0113. The minimum Gasteiger partial charge on any atom is -0.373 e. The Hall–Kier alpha value is -3.11. The van der Waals surface area contributed by atoms with Crippen molar-refractivity contribution in [2.75, 3.05) is 23.0 Å². The van der Waals surface area contributed by atoms with Gasteiger partial charge in [-0.1, -0.05) is 42.8 Å². The van der Waals surface area contributed by atoms with Crippen molar-refractivity contribution < 1.29 is 31.3 Å². The number of nitrogens with zero attached hydrogens (tertiary/aromatic N) is 2. The molecule has 0 unspecified atom stereocenters. The number of hydrogen-bond donors (Lipinski definition) is 0. The molecule has 0 N–H and O–H groups in total. The van der Waals surface area contributed by atoms with E-state index in [9.17, 15) is 13.2 Å². The topological polar surface area (TPSA) is 89.7 Å². The Morgan fingerprint density at radius 3 is 2.64 bits per heavy atom. The predicted molar refractivity (Wildman–Crippen MR) is 155 cm³/mol. The molecule has 3 fully saturated rings. The summed E-state index contributed by atoms with van der Waals surface area (Å²) >= 11 is 0. The number of rotatable bonds is 12. The molecular weight excluding hydrogens is 562 g/mol. The van der Waals surface area contributed by atoms with Crippen molar-refractivity contribution in [1.82, 2.24) is 5.16 Å².